The Morgan fingerprint density at radius 2 is 1.74 bits per heavy atom. The van der Waals surface area contributed by atoms with Crippen LogP contribution in [0.25, 0.3) is 23.3 Å². The number of aromatic nitrogens is 4. The molecule has 3 aromatic rings. The van der Waals surface area contributed by atoms with Gasteiger partial charge in [0.1, 0.15) is 5.82 Å². The highest BCUT2D eigenvalue weighted by molar-refractivity contribution is 7.13. The molecule has 0 saturated heterocycles. The van der Waals surface area contributed by atoms with E-state index in [9.17, 15) is 9.59 Å². The summed E-state index contributed by atoms with van der Waals surface area (Å²) >= 11 is 1.75. The molecule has 0 atom stereocenters. The molecule has 0 aliphatic rings. The first-order valence-corrected chi connectivity index (χ1v) is 9.99. The Hall–Kier alpha value is -2.41. The lowest BCUT2D eigenvalue weighted by atomic mass is 9.95. The number of rotatable bonds is 4. The van der Waals surface area contributed by atoms with Crippen molar-refractivity contribution in [2.24, 2.45) is 7.05 Å². The number of hydrogen-bond acceptors (Lipinski definition) is 4. The van der Waals surface area contributed by atoms with Crippen molar-refractivity contribution in [3.05, 3.63) is 48.5 Å². The molecule has 0 aliphatic heterocycles. The fourth-order valence-corrected chi connectivity index (χ4v) is 4.06. The van der Waals surface area contributed by atoms with Crippen LogP contribution in [0.3, 0.4) is 0 Å². The molecule has 3 heterocycles. The third-order valence-corrected chi connectivity index (χ3v) is 6.15. The molecule has 0 aromatic carbocycles. The summed E-state index contributed by atoms with van der Waals surface area (Å²) in [6, 6.07) is 4.24. The van der Waals surface area contributed by atoms with Crippen LogP contribution < -0.4 is 11.2 Å². The SMILES string of the molecule is CCn1c(=O)c2c(nc(C=Cc3ccc(C(C)(C)C)s3)n2C)n(CC)c1=O. The molecule has 0 radical (unpaired) electrons. The minimum atomic E-state index is -0.306. The summed E-state index contributed by atoms with van der Waals surface area (Å²) in [5, 5.41) is 0. The highest BCUT2D eigenvalue weighted by Gasteiger charge is 2.18. The van der Waals surface area contributed by atoms with Gasteiger partial charge in [-0.25, -0.2) is 9.78 Å². The van der Waals surface area contributed by atoms with Crippen LogP contribution >= 0.6 is 11.3 Å². The molecule has 27 heavy (non-hydrogen) atoms. The molecular weight excluding hydrogens is 360 g/mol. The summed E-state index contributed by atoms with van der Waals surface area (Å²) in [7, 11) is 1.82. The summed E-state index contributed by atoms with van der Waals surface area (Å²) < 4.78 is 4.58. The zero-order valence-corrected chi connectivity index (χ0v) is 17.6. The molecule has 0 saturated carbocycles. The summed E-state index contributed by atoms with van der Waals surface area (Å²) in [5.74, 6) is 0.656. The van der Waals surface area contributed by atoms with Crippen LogP contribution in [-0.2, 0) is 25.6 Å². The number of fused-ring (bicyclic) bond motifs is 1. The van der Waals surface area contributed by atoms with Crippen molar-refractivity contribution in [1.82, 2.24) is 18.7 Å². The second-order valence-electron chi connectivity index (χ2n) is 7.56. The first kappa shape index (κ1) is 19.4. The van der Waals surface area contributed by atoms with Crippen LogP contribution in [0.4, 0.5) is 0 Å². The van der Waals surface area contributed by atoms with Gasteiger partial charge in [-0.05, 0) is 43.5 Å². The largest absolute Gasteiger partial charge is 0.332 e. The van der Waals surface area contributed by atoms with Gasteiger partial charge < -0.3 is 4.57 Å². The lowest BCUT2D eigenvalue weighted by molar-refractivity contribution is 0.604. The van der Waals surface area contributed by atoms with Crippen molar-refractivity contribution in [2.75, 3.05) is 0 Å². The van der Waals surface area contributed by atoms with Gasteiger partial charge in [-0.3, -0.25) is 13.9 Å². The van der Waals surface area contributed by atoms with E-state index in [0.717, 1.165) is 4.88 Å². The average molecular weight is 387 g/mol. The maximum Gasteiger partial charge on any atom is 0.332 e. The predicted octanol–water partition coefficient (Wildman–Crippen LogP) is 3.47. The van der Waals surface area contributed by atoms with Crippen molar-refractivity contribution < 1.29 is 0 Å². The second-order valence-corrected chi connectivity index (χ2v) is 8.68. The van der Waals surface area contributed by atoms with Gasteiger partial charge in [-0.15, -0.1) is 11.3 Å². The van der Waals surface area contributed by atoms with Crippen molar-refractivity contribution in [1.29, 1.82) is 0 Å². The molecular formula is C20H26N4O2S. The molecule has 0 bridgehead atoms. The van der Waals surface area contributed by atoms with E-state index in [0.29, 0.717) is 30.1 Å². The van der Waals surface area contributed by atoms with Crippen molar-refractivity contribution >= 4 is 34.7 Å². The quantitative estimate of drug-likeness (QED) is 0.690. The Kier molecular flexibility index (Phi) is 4.99. The van der Waals surface area contributed by atoms with Crippen LogP contribution in [0.15, 0.2) is 21.7 Å². The Labute approximate surface area is 162 Å². The summed E-state index contributed by atoms with van der Waals surface area (Å²) in [4.78, 5) is 32.3. The van der Waals surface area contributed by atoms with Gasteiger partial charge in [-0.1, -0.05) is 20.8 Å². The third kappa shape index (κ3) is 3.32. The van der Waals surface area contributed by atoms with Gasteiger partial charge in [0.2, 0.25) is 0 Å². The van der Waals surface area contributed by atoms with Crippen molar-refractivity contribution in [3.8, 4) is 0 Å². The highest BCUT2D eigenvalue weighted by Crippen LogP contribution is 2.30. The fourth-order valence-electron chi connectivity index (χ4n) is 3.09. The summed E-state index contributed by atoms with van der Waals surface area (Å²) in [6.45, 7) is 11.1. The van der Waals surface area contributed by atoms with E-state index in [1.54, 1.807) is 27.4 Å². The first-order chi connectivity index (χ1) is 12.7. The first-order valence-electron chi connectivity index (χ1n) is 9.17. The molecule has 0 unspecified atom stereocenters. The number of imidazole rings is 1. The molecule has 7 heteroatoms. The zero-order valence-electron chi connectivity index (χ0n) is 16.7. The Bertz CT molecular complexity index is 1140. The maximum atomic E-state index is 12.7. The summed E-state index contributed by atoms with van der Waals surface area (Å²) in [5.41, 5.74) is 0.430. The van der Waals surface area contributed by atoms with Crippen LogP contribution in [0.2, 0.25) is 0 Å². The molecule has 0 spiro atoms. The van der Waals surface area contributed by atoms with Gasteiger partial charge >= 0.3 is 5.69 Å². The van der Waals surface area contributed by atoms with Gasteiger partial charge in [0.05, 0.1) is 0 Å². The Morgan fingerprint density at radius 3 is 2.30 bits per heavy atom. The van der Waals surface area contributed by atoms with Crippen molar-refractivity contribution in [3.63, 3.8) is 0 Å². The Balaban J connectivity index is 2.12. The minimum absolute atomic E-state index is 0.122. The van der Waals surface area contributed by atoms with Crippen LogP contribution in [0, 0.1) is 0 Å². The van der Waals surface area contributed by atoms with E-state index in [2.05, 4.69) is 37.9 Å². The molecule has 0 amide bonds. The molecule has 0 fully saturated rings. The lowest BCUT2D eigenvalue weighted by Gasteiger charge is -2.15. The van der Waals surface area contributed by atoms with Gasteiger partial charge in [-0.2, -0.15) is 0 Å². The molecule has 6 nitrogen and oxygen atoms in total. The lowest BCUT2D eigenvalue weighted by Crippen LogP contribution is -2.39. The normalized spacial score (nSPS) is 12.5. The maximum absolute atomic E-state index is 12.7. The standard InChI is InChI=1S/C20H26N4O2S/c1-7-23-17-16(18(25)24(8-2)19(23)26)22(6)15(21-17)12-10-13-9-11-14(27-13)20(3,4)5/h9-12H,7-8H2,1-6H3. The van der Waals surface area contributed by atoms with E-state index in [4.69, 9.17) is 0 Å². The Morgan fingerprint density at radius 1 is 1.07 bits per heavy atom. The molecule has 3 aromatic heterocycles. The minimum Gasteiger partial charge on any atom is -0.322 e. The highest BCUT2D eigenvalue weighted by atomic mass is 32.1. The van der Waals surface area contributed by atoms with E-state index >= 15 is 0 Å². The average Bonchev–Trinajstić information content (AvgIpc) is 3.19. The number of aryl methyl sites for hydroxylation is 2. The molecule has 144 valence electrons. The molecule has 3 rings (SSSR count). The van der Waals surface area contributed by atoms with E-state index in [1.807, 2.05) is 26.1 Å². The van der Waals surface area contributed by atoms with Crippen LogP contribution in [-0.4, -0.2) is 18.7 Å². The van der Waals surface area contributed by atoms with E-state index in [-0.39, 0.29) is 16.7 Å². The third-order valence-electron chi connectivity index (χ3n) is 4.67. The van der Waals surface area contributed by atoms with E-state index < -0.39 is 0 Å². The fraction of sp³-hybridized carbons (Fsp3) is 0.450. The second kappa shape index (κ2) is 6.96. The van der Waals surface area contributed by atoms with Gasteiger partial charge in [0, 0.05) is 29.9 Å². The summed E-state index contributed by atoms with van der Waals surface area (Å²) in [6.07, 6.45) is 3.91. The van der Waals surface area contributed by atoms with E-state index in [1.165, 1.54) is 9.44 Å². The van der Waals surface area contributed by atoms with Crippen LogP contribution in [0.1, 0.15) is 50.2 Å². The smallest absolute Gasteiger partial charge is 0.322 e. The molecule has 0 N–H and O–H groups in total. The zero-order chi connectivity index (χ0) is 19.9. The monoisotopic (exact) mass is 386 g/mol. The predicted molar refractivity (Wildman–Crippen MR) is 113 cm³/mol. The number of nitrogens with zero attached hydrogens (tertiary/aromatic N) is 4. The van der Waals surface area contributed by atoms with Crippen LogP contribution in [0.5, 0.6) is 0 Å². The van der Waals surface area contributed by atoms with Gasteiger partial charge in [0.25, 0.3) is 5.56 Å². The topological polar surface area (TPSA) is 61.8 Å². The number of hydrogen-bond donors (Lipinski definition) is 0. The van der Waals surface area contributed by atoms with Gasteiger partial charge in [0.15, 0.2) is 11.2 Å². The van der Waals surface area contributed by atoms with Crippen molar-refractivity contribution in [2.45, 2.75) is 53.1 Å². The molecule has 0 aliphatic carbocycles. The number of thiophene rings is 1.